The van der Waals surface area contributed by atoms with E-state index in [9.17, 15) is 24.2 Å². The van der Waals surface area contributed by atoms with Crippen LogP contribution in [0.4, 0.5) is 0 Å². The fraction of sp³-hybridized carbons (Fsp3) is 0.810. The third-order valence-electron chi connectivity index (χ3n) is 8.79. The van der Waals surface area contributed by atoms with Crippen LogP contribution in [-0.2, 0) is 32.7 Å². The maximum absolute atomic E-state index is 12.6. The zero-order valence-electron chi connectivity index (χ0n) is 33.5. The number of phosphoric ester groups is 1. The minimum absolute atomic E-state index is 0.163. The van der Waals surface area contributed by atoms with Gasteiger partial charge >= 0.3 is 19.8 Å². The second-order valence-corrected chi connectivity index (χ2v) is 15.5. The normalized spacial score (nSPS) is 14.3. The van der Waals surface area contributed by atoms with Gasteiger partial charge in [-0.2, -0.15) is 0 Å². The van der Waals surface area contributed by atoms with Crippen LogP contribution in [0.1, 0.15) is 181 Å². The number of carbonyl (C=O) groups excluding carboxylic acids is 2. The van der Waals surface area contributed by atoms with E-state index in [0.29, 0.717) is 12.8 Å². The van der Waals surface area contributed by atoms with Crippen LogP contribution in [0.15, 0.2) is 36.5 Å². The van der Waals surface area contributed by atoms with Gasteiger partial charge in [-0.15, -0.1) is 0 Å². The van der Waals surface area contributed by atoms with Crippen molar-refractivity contribution in [1.29, 1.82) is 0 Å². The molecule has 53 heavy (non-hydrogen) atoms. The molecule has 0 aromatic rings. The minimum Gasteiger partial charge on any atom is -0.462 e. The van der Waals surface area contributed by atoms with Crippen molar-refractivity contribution in [3.05, 3.63) is 36.5 Å². The molecule has 310 valence electrons. The highest BCUT2D eigenvalue weighted by molar-refractivity contribution is 7.47. The van der Waals surface area contributed by atoms with Gasteiger partial charge in [-0.05, 0) is 64.2 Å². The highest BCUT2D eigenvalue weighted by Gasteiger charge is 2.27. The number of ether oxygens (including phenoxy) is 2. The molecular weight excluding hydrogens is 695 g/mol. The highest BCUT2D eigenvalue weighted by atomic mass is 31.2. The summed E-state index contributed by atoms with van der Waals surface area (Å²) in [5, 5.41) is 18.3. The molecule has 3 atom stereocenters. The van der Waals surface area contributed by atoms with Gasteiger partial charge in [-0.3, -0.25) is 18.6 Å². The maximum atomic E-state index is 12.6. The summed E-state index contributed by atoms with van der Waals surface area (Å²) in [6.07, 6.45) is 38.2. The summed E-state index contributed by atoms with van der Waals surface area (Å²) in [4.78, 5) is 34.9. The summed E-state index contributed by atoms with van der Waals surface area (Å²) in [6.45, 7) is 2.31. The summed E-state index contributed by atoms with van der Waals surface area (Å²) in [6, 6.07) is 0. The molecule has 0 heterocycles. The molecule has 0 saturated carbocycles. The summed E-state index contributed by atoms with van der Waals surface area (Å²) < 4.78 is 32.6. The standard InChI is InChI=1S/C42H77O10P/c1-3-5-7-9-11-13-15-17-19-21-23-25-27-29-31-33-41(45)49-37-40(38-51-53(47,48)50-36-39(44)35-43)52-42(46)34-32-30-28-26-24-22-20-18-16-14-12-10-8-6-4-2/h14,16,18,20,23,25,39-40,43-44H,3-13,15,17,19,21-22,24,26-38H2,1-2H3,(H,47,48)/b16-14+,20-18+,25-23+/t39-,40+/m0/s1. The molecule has 0 spiro atoms. The summed E-state index contributed by atoms with van der Waals surface area (Å²) in [5.41, 5.74) is 0. The van der Waals surface area contributed by atoms with Crippen molar-refractivity contribution < 1.29 is 47.8 Å². The number of hydrogen-bond acceptors (Lipinski definition) is 9. The van der Waals surface area contributed by atoms with Gasteiger partial charge in [0.1, 0.15) is 12.7 Å². The third kappa shape index (κ3) is 38.3. The van der Waals surface area contributed by atoms with E-state index in [1.807, 2.05) is 0 Å². The predicted molar refractivity (Wildman–Crippen MR) is 214 cm³/mol. The molecule has 0 aliphatic rings. The molecule has 1 unspecified atom stereocenters. The number of aliphatic hydroxyl groups excluding tert-OH is 2. The number of aliphatic hydroxyl groups is 2. The van der Waals surface area contributed by atoms with Crippen molar-refractivity contribution in [2.75, 3.05) is 26.4 Å². The topological polar surface area (TPSA) is 149 Å². The number of unbranched alkanes of at least 4 members (excludes halogenated alkanes) is 20. The molecule has 0 bridgehead atoms. The summed E-state index contributed by atoms with van der Waals surface area (Å²) in [7, 11) is -4.62. The Bertz CT molecular complexity index is 983. The molecule has 0 aromatic heterocycles. The fourth-order valence-electron chi connectivity index (χ4n) is 5.51. The van der Waals surface area contributed by atoms with Gasteiger partial charge in [0, 0.05) is 12.8 Å². The molecule has 0 fully saturated rings. The Morgan fingerprint density at radius 1 is 0.566 bits per heavy atom. The first kappa shape index (κ1) is 51.2. The van der Waals surface area contributed by atoms with E-state index in [2.05, 4.69) is 54.8 Å². The summed E-state index contributed by atoms with van der Waals surface area (Å²) in [5.74, 6) is -0.967. The lowest BCUT2D eigenvalue weighted by atomic mass is 10.1. The molecule has 10 nitrogen and oxygen atoms in total. The molecule has 0 aliphatic carbocycles. The van der Waals surface area contributed by atoms with Crippen molar-refractivity contribution in [3.8, 4) is 0 Å². The van der Waals surface area contributed by atoms with Crippen molar-refractivity contribution in [2.45, 2.75) is 193 Å². The lowest BCUT2D eigenvalue weighted by Crippen LogP contribution is -2.29. The third-order valence-corrected chi connectivity index (χ3v) is 9.75. The zero-order valence-corrected chi connectivity index (χ0v) is 34.4. The van der Waals surface area contributed by atoms with Gasteiger partial charge < -0.3 is 24.6 Å². The van der Waals surface area contributed by atoms with Crippen molar-refractivity contribution >= 4 is 19.8 Å². The predicted octanol–water partition coefficient (Wildman–Crippen LogP) is 10.8. The number of esters is 2. The Kier molecular flexibility index (Phi) is 37.2. The molecular formula is C42H77O10P. The average Bonchev–Trinajstić information content (AvgIpc) is 3.14. The molecule has 0 radical (unpaired) electrons. The number of phosphoric acid groups is 1. The summed E-state index contributed by atoms with van der Waals surface area (Å²) >= 11 is 0. The zero-order chi connectivity index (χ0) is 39.1. The number of hydrogen-bond donors (Lipinski definition) is 3. The van der Waals surface area contributed by atoms with Crippen LogP contribution in [0.25, 0.3) is 0 Å². The van der Waals surface area contributed by atoms with Crippen LogP contribution in [0.5, 0.6) is 0 Å². The highest BCUT2D eigenvalue weighted by Crippen LogP contribution is 2.43. The lowest BCUT2D eigenvalue weighted by molar-refractivity contribution is -0.161. The van der Waals surface area contributed by atoms with Crippen molar-refractivity contribution in [2.24, 2.45) is 0 Å². The second kappa shape index (κ2) is 38.5. The van der Waals surface area contributed by atoms with Crippen molar-refractivity contribution in [3.63, 3.8) is 0 Å². The molecule has 0 amide bonds. The van der Waals surface area contributed by atoms with E-state index in [1.165, 1.54) is 83.5 Å². The largest absolute Gasteiger partial charge is 0.472 e. The Morgan fingerprint density at radius 2 is 0.981 bits per heavy atom. The smallest absolute Gasteiger partial charge is 0.462 e. The Labute approximate surface area is 322 Å². The van der Waals surface area contributed by atoms with Crippen LogP contribution in [-0.4, -0.2) is 65.7 Å². The quantitative estimate of drug-likeness (QED) is 0.0181. The SMILES string of the molecule is CCCCCC/C=C/C=C/CCCCCCCC(=O)O[C@H](COC(=O)CCCC/C=C/CCCCCCCCCCC)COP(=O)(O)OC[C@@H](O)CO. The molecule has 11 heteroatoms. The van der Waals surface area contributed by atoms with Gasteiger partial charge in [-0.25, -0.2) is 4.57 Å². The van der Waals surface area contributed by atoms with Crippen LogP contribution >= 0.6 is 7.82 Å². The van der Waals surface area contributed by atoms with Crippen LogP contribution < -0.4 is 0 Å². The van der Waals surface area contributed by atoms with E-state index in [1.54, 1.807) is 0 Å². The number of carbonyl (C=O) groups is 2. The first-order chi connectivity index (χ1) is 25.7. The fourth-order valence-corrected chi connectivity index (χ4v) is 6.30. The van der Waals surface area contributed by atoms with Crippen LogP contribution in [0.3, 0.4) is 0 Å². The van der Waals surface area contributed by atoms with E-state index in [-0.39, 0.29) is 19.4 Å². The van der Waals surface area contributed by atoms with Crippen LogP contribution in [0, 0.1) is 0 Å². The first-order valence-corrected chi connectivity index (χ1v) is 22.5. The van der Waals surface area contributed by atoms with Gasteiger partial charge in [0.25, 0.3) is 0 Å². The first-order valence-electron chi connectivity index (χ1n) is 21.0. The molecule has 3 N–H and O–H groups in total. The van der Waals surface area contributed by atoms with Gasteiger partial charge in [0.2, 0.25) is 0 Å². The maximum Gasteiger partial charge on any atom is 0.472 e. The van der Waals surface area contributed by atoms with E-state index >= 15 is 0 Å². The van der Waals surface area contributed by atoms with E-state index in [4.69, 9.17) is 19.1 Å². The van der Waals surface area contributed by atoms with E-state index in [0.717, 1.165) is 57.8 Å². The molecule has 0 aromatic carbocycles. The van der Waals surface area contributed by atoms with Crippen molar-refractivity contribution in [1.82, 2.24) is 0 Å². The lowest BCUT2D eigenvalue weighted by Gasteiger charge is -2.20. The number of allylic oxidation sites excluding steroid dienone is 6. The Morgan fingerprint density at radius 3 is 1.53 bits per heavy atom. The minimum atomic E-state index is -4.62. The molecule has 0 saturated heterocycles. The molecule has 0 rings (SSSR count). The van der Waals surface area contributed by atoms with Gasteiger partial charge in [0.15, 0.2) is 6.10 Å². The second-order valence-electron chi connectivity index (χ2n) is 14.0. The average molecular weight is 773 g/mol. The van der Waals surface area contributed by atoms with E-state index < -0.39 is 51.8 Å². The van der Waals surface area contributed by atoms with Gasteiger partial charge in [0.05, 0.1) is 19.8 Å². The monoisotopic (exact) mass is 773 g/mol. The Hall–Kier alpha value is -1.81. The number of rotatable bonds is 39. The molecule has 0 aliphatic heterocycles. The van der Waals surface area contributed by atoms with Gasteiger partial charge in [-0.1, -0.05) is 140 Å². The Balaban J connectivity index is 4.38. The van der Waals surface area contributed by atoms with Crippen LogP contribution in [0.2, 0.25) is 0 Å².